The molecule has 1 aromatic rings. The molecule has 1 aliphatic rings. The number of aliphatic hydroxyl groups is 1. The number of rotatable bonds is 3. The van der Waals surface area contributed by atoms with Crippen LogP contribution in [0.1, 0.15) is 24.1 Å². The highest BCUT2D eigenvalue weighted by molar-refractivity contribution is 5.15. The Labute approximate surface area is 96.9 Å². The quantitative estimate of drug-likeness (QED) is 0.807. The molecule has 16 heavy (non-hydrogen) atoms. The van der Waals surface area contributed by atoms with E-state index in [0.717, 1.165) is 31.6 Å². The fourth-order valence-electron chi connectivity index (χ4n) is 2.32. The number of aromatic nitrogens is 1. The zero-order valence-electron chi connectivity index (χ0n) is 9.82. The molecule has 0 radical (unpaired) electrons. The van der Waals surface area contributed by atoms with Crippen molar-refractivity contribution >= 4 is 0 Å². The summed E-state index contributed by atoms with van der Waals surface area (Å²) in [6.07, 6.45) is 4.42. The second-order valence-electron chi connectivity index (χ2n) is 4.68. The molecule has 0 aliphatic carbocycles. The van der Waals surface area contributed by atoms with Crippen LogP contribution in [0.15, 0.2) is 18.3 Å². The van der Waals surface area contributed by atoms with Gasteiger partial charge in [-0.25, -0.2) is 0 Å². The maximum Gasteiger partial charge on any atom is 0.0624 e. The van der Waals surface area contributed by atoms with Crippen molar-refractivity contribution < 1.29 is 5.11 Å². The average Bonchev–Trinajstić information content (AvgIpc) is 2.30. The Kier molecular flexibility index (Phi) is 3.91. The number of aryl methyl sites for hydroxylation is 1. The van der Waals surface area contributed by atoms with Gasteiger partial charge in [-0.2, -0.15) is 0 Å². The SMILES string of the molecule is Cc1ccnc(C[C@H](O)C2CCNCC2)c1. The van der Waals surface area contributed by atoms with E-state index in [1.165, 1.54) is 5.56 Å². The minimum Gasteiger partial charge on any atom is -0.392 e. The van der Waals surface area contributed by atoms with E-state index in [4.69, 9.17) is 0 Å². The van der Waals surface area contributed by atoms with E-state index in [-0.39, 0.29) is 6.10 Å². The minimum absolute atomic E-state index is 0.239. The van der Waals surface area contributed by atoms with Gasteiger partial charge in [-0.1, -0.05) is 0 Å². The molecule has 88 valence electrons. The highest BCUT2D eigenvalue weighted by Crippen LogP contribution is 2.19. The summed E-state index contributed by atoms with van der Waals surface area (Å²) in [5.74, 6) is 0.434. The van der Waals surface area contributed by atoms with Crippen LogP contribution in [0.25, 0.3) is 0 Å². The third-order valence-corrected chi connectivity index (χ3v) is 3.32. The summed E-state index contributed by atoms with van der Waals surface area (Å²) < 4.78 is 0. The second-order valence-corrected chi connectivity index (χ2v) is 4.68. The van der Waals surface area contributed by atoms with E-state index in [2.05, 4.69) is 23.3 Å². The van der Waals surface area contributed by atoms with Crippen LogP contribution in [-0.4, -0.2) is 29.3 Å². The number of piperidine rings is 1. The Morgan fingerprint density at radius 2 is 2.25 bits per heavy atom. The zero-order valence-corrected chi connectivity index (χ0v) is 9.82. The number of nitrogens with one attached hydrogen (secondary N) is 1. The molecule has 0 bridgehead atoms. The summed E-state index contributed by atoms with van der Waals surface area (Å²) in [7, 11) is 0. The predicted octanol–water partition coefficient (Wildman–Crippen LogP) is 1.29. The molecule has 0 unspecified atom stereocenters. The van der Waals surface area contributed by atoms with Gasteiger partial charge in [0.15, 0.2) is 0 Å². The summed E-state index contributed by atoms with van der Waals surface area (Å²) in [4.78, 5) is 4.30. The molecule has 3 heteroatoms. The monoisotopic (exact) mass is 220 g/mol. The van der Waals surface area contributed by atoms with Crippen molar-refractivity contribution in [3.8, 4) is 0 Å². The first kappa shape index (κ1) is 11.6. The van der Waals surface area contributed by atoms with Crippen LogP contribution >= 0.6 is 0 Å². The zero-order chi connectivity index (χ0) is 11.4. The van der Waals surface area contributed by atoms with Gasteiger partial charge in [0, 0.05) is 18.3 Å². The van der Waals surface area contributed by atoms with Crippen LogP contribution in [0.4, 0.5) is 0 Å². The van der Waals surface area contributed by atoms with E-state index in [9.17, 15) is 5.11 Å². The summed E-state index contributed by atoms with van der Waals surface area (Å²) >= 11 is 0. The maximum absolute atomic E-state index is 10.2. The minimum atomic E-state index is -0.239. The van der Waals surface area contributed by atoms with Gasteiger partial charge in [0.2, 0.25) is 0 Å². The van der Waals surface area contributed by atoms with E-state index < -0.39 is 0 Å². The van der Waals surface area contributed by atoms with Crippen molar-refractivity contribution in [3.05, 3.63) is 29.6 Å². The third kappa shape index (κ3) is 3.03. The standard InChI is InChI=1S/C13H20N2O/c1-10-2-7-15-12(8-10)9-13(16)11-3-5-14-6-4-11/h2,7-8,11,13-14,16H,3-6,9H2,1H3/t13-/m0/s1. The molecule has 2 rings (SSSR count). The van der Waals surface area contributed by atoms with Gasteiger partial charge < -0.3 is 10.4 Å². The van der Waals surface area contributed by atoms with Crippen molar-refractivity contribution in [3.63, 3.8) is 0 Å². The number of pyridine rings is 1. The fourth-order valence-corrected chi connectivity index (χ4v) is 2.32. The van der Waals surface area contributed by atoms with E-state index in [0.29, 0.717) is 12.3 Å². The van der Waals surface area contributed by atoms with Gasteiger partial charge in [-0.05, 0) is 56.5 Å². The van der Waals surface area contributed by atoms with Gasteiger partial charge in [0.25, 0.3) is 0 Å². The normalized spacial score (nSPS) is 19.6. The van der Waals surface area contributed by atoms with E-state index >= 15 is 0 Å². The molecule has 3 nitrogen and oxygen atoms in total. The lowest BCUT2D eigenvalue weighted by molar-refractivity contribution is 0.0882. The topological polar surface area (TPSA) is 45.2 Å². The molecule has 0 saturated carbocycles. The van der Waals surface area contributed by atoms with Gasteiger partial charge in [-0.3, -0.25) is 4.98 Å². The molecule has 0 spiro atoms. The van der Waals surface area contributed by atoms with Crippen LogP contribution in [0.3, 0.4) is 0 Å². The highest BCUT2D eigenvalue weighted by atomic mass is 16.3. The average molecular weight is 220 g/mol. The third-order valence-electron chi connectivity index (χ3n) is 3.32. The molecule has 2 N–H and O–H groups in total. The van der Waals surface area contributed by atoms with Gasteiger partial charge >= 0.3 is 0 Å². The Morgan fingerprint density at radius 1 is 1.50 bits per heavy atom. The summed E-state index contributed by atoms with van der Waals surface area (Å²) in [5, 5.41) is 13.5. The first-order valence-electron chi connectivity index (χ1n) is 6.06. The molecule has 1 aromatic heterocycles. The predicted molar refractivity (Wildman–Crippen MR) is 64.3 cm³/mol. The smallest absolute Gasteiger partial charge is 0.0624 e. The molecule has 1 fully saturated rings. The lowest BCUT2D eigenvalue weighted by Crippen LogP contribution is -2.35. The van der Waals surface area contributed by atoms with Crippen LogP contribution < -0.4 is 5.32 Å². The Hall–Kier alpha value is -0.930. The first-order valence-corrected chi connectivity index (χ1v) is 6.06. The Balaban J connectivity index is 1.93. The van der Waals surface area contributed by atoms with Crippen LogP contribution in [-0.2, 0) is 6.42 Å². The van der Waals surface area contributed by atoms with Gasteiger partial charge in [0.1, 0.15) is 0 Å². The number of hydrogen-bond acceptors (Lipinski definition) is 3. The molecular formula is C13H20N2O. The fraction of sp³-hybridized carbons (Fsp3) is 0.615. The maximum atomic E-state index is 10.2. The number of aliphatic hydroxyl groups excluding tert-OH is 1. The first-order chi connectivity index (χ1) is 7.75. The molecular weight excluding hydrogens is 200 g/mol. The van der Waals surface area contributed by atoms with Crippen LogP contribution in [0.5, 0.6) is 0 Å². The molecule has 0 aromatic carbocycles. The molecule has 1 saturated heterocycles. The number of nitrogens with zero attached hydrogens (tertiary/aromatic N) is 1. The summed E-state index contributed by atoms with van der Waals surface area (Å²) in [5.41, 5.74) is 2.22. The van der Waals surface area contributed by atoms with Crippen molar-refractivity contribution in [1.29, 1.82) is 0 Å². The van der Waals surface area contributed by atoms with E-state index in [1.54, 1.807) is 0 Å². The molecule has 0 amide bonds. The largest absolute Gasteiger partial charge is 0.392 e. The van der Waals surface area contributed by atoms with Gasteiger partial charge in [-0.15, -0.1) is 0 Å². The van der Waals surface area contributed by atoms with Crippen molar-refractivity contribution in [1.82, 2.24) is 10.3 Å². The highest BCUT2D eigenvalue weighted by Gasteiger charge is 2.21. The Morgan fingerprint density at radius 3 is 2.94 bits per heavy atom. The lowest BCUT2D eigenvalue weighted by atomic mass is 9.89. The lowest BCUT2D eigenvalue weighted by Gasteiger charge is -2.27. The van der Waals surface area contributed by atoms with Gasteiger partial charge in [0.05, 0.1) is 6.10 Å². The Bertz CT molecular complexity index is 334. The summed E-state index contributed by atoms with van der Waals surface area (Å²) in [6, 6.07) is 4.05. The summed E-state index contributed by atoms with van der Waals surface area (Å²) in [6.45, 7) is 4.12. The van der Waals surface area contributed by atoms with Crippen molar-refractivity contribution in [2.24, 2.45) is 5.92 Å². The van der Waals surface area contributed by atoms with Crippen molar-refractivity contribution in [2.45, 2.75) is 32.3 Å². The van der Waals surface area contributed by atoms with Crippen molar-refractivity contribution in [2.75, 3.05) is 13.1 Å². The van der Waals surface area contributed by atoms with E-state index in [1.807, 2.05) is 12.3 Å². The van der Waals surface area contributed by atoms with Crippen LogP contribution in [0, 0.1) is 12.8 Å². The van der Waals surface area contributed by atoms with Crippen LogP contribution in [0.2, 0.25) is 0 Å². The molecule has 2 heterocycles. The second kappa shape index (κ2) is 5.41. The molecule has 1 atom stereocenters. The molecule has 1 aliphatic heterocycles. The number of hydrogen-bond donors (Lipinski definition) is 2.